The van der Waals surface area contributed by atoms with E-state index in [-0.39, 0.29) is 24.0 Å². The first kappa shape index (κ1) is 25.3. The molecule has 0 amide bonds. The molecular weight excluding hydrogens is 509 g/mol. The lowest BCUT2D eigenvalue weighted by atomic mass is 10.1. The molecular formula is C22H36IN5OS. The number of aliphatic hydroxyl groups is 1. The lowest BCUT2D eigenvalue weighted by Crippen LogP contribution is -2.46. The number of piperazine rings is 1. The number of nitrogens with zero attached hydrogens (tertiary/aromatic N) is 3. The van der Waals surface area contributed by atoms with Gasteiger partial charge in [-0.1, -0.05) is 25.1 Å². The van der Waals surface area contributed by atoms with Crippen LogP contribution >= 0.6 is 35.3 Å². The third-order valence-electron chi connectivity index (χ3n) is 5.31. The Morgan fingerprint density at radius 1 is 1.20 bits per heavy atom. The summed E-state index contributed by atoms with van der Waals surface area (Å²) < 4.78 is 1.21. The molecule has 2 aromatic rings. The molecule has 2 atom stereocenters. The Morgan fingerprint density at radius 3 is 2.63 bits per heavy atom. The van der Waals surface area contributed by atoms with Crippen molar-refractivity contribution in [2.75, 3.05) is 59.4 Å². The van der Waals surface area contributed by atoms with Gasteiger partial charge in [0.05, 0.1) is 0 Å². The van der Waals surface area contributed by atoms with Gasteiger partial charge in [0.1, 0.15) is 6.10 Å². The molecule has 2 unspecified atom stereocenters. The van der Waals surface area contributed by atoms with Gasteiger partial charge < -0.3 is 25.5 Å². The van der Waals surface area contributed by atoms with Crippen molar-refractivity contribution in [1.29, 1.82) is 0 Å². The van der Waals surface area contributed by atoms with Crippen molar-refractivity contribution in [2.24, 2.45) is 10.9 Å². The summed E-state index contributed by atoms with van der Waals surface area (Å²) in [6, 6.07) is 10.3. The SMILES string of the molecule is CCNC(=NCC(C)CN1CCN(C)CC1)NCC(O)c1cc2ccccc2s1.I. The van der Waals surface area contributed by atoms with Gasteiger partial charge in [-0.3, -0.25) is 4.99 Å². The van der Waals surface area contributed by atoms with Gasteiger partial charge in [-0.25, -0.2) is 0 Å². The van der Waals surface area contributed by atoms with E-state index in [4.69, 9.17) is 4.99 Å². The van der Waals surface area contributed by atoms with Gasteiger partial charge in [-0.2, -0.15) is 0 Å². The summed E-state index contributed by atoms with van der Waals surface area (Å²) in [5, 5.41) is 18.4. The summed E-state index contributed by atoms with van der Waals surface area (Å²) in [5.41, 5.74) is 0. The molecule has 0 spiro atoms. The predicted octanol–water partition coefficient (Wildman–Crippen LogP) is 2.99. The van der Waals surface area contributed by atoms with E-state index in [0.29, 0.717) is 12.5 Å². The Bertz CT molecular complexity index is 758. The van der Waals surface area contributed by atoms with Gasteiger partial charge in [0.15, 0.2) is 5.96 Å². The van der Waals surface area contributed by atoms with E-state index in [2.05, 4.69) is 59.5 Å². The average molecular weight is 546 g/mol. The quantitative estimate of drug-likeness (QED) is 0.271. The van der Waals surface area contributed by atoms with Crippen molar-refractivity contribution < 1.29 is 5.11 Å². The number of halogens is 1. The molecule has 168 valence electrons. The first-order valence-corrected chi connectivity index (χ1v) is 11.5. The number of nitrogens with one attached hydrogen (secondary N) is 2. The monoisotopic (exact) mass is 545 g/mol. The first-order valence-electron chi connectivity index (χ1n) is 10.6. The fourth-order valence-electron chi connectivity index (χ4n) is 3.58. The van der Waals surface area contributed by atoms with Gasteiger partial charge in [0, 0.05) is 61.9 Å². The molecule has 1 aliphatic heterocycles. The molecule has 0 radical (unpaired) electrons. The molecule has 1 aliphatic rings. The largest absolute Gasteiger partial charge is 0.386 e. The minimum atomic E-state index is -0.543. The highest BCUT2D eigenvalue weighted by Gasteiger charge is 2.16. The maximum atomic E-state index is 10.6. The molecule has 1 saturated heterocycles. The van der Waals surface area contributed by atoms with Crippen LogP contribution in [0.2, 0.25) is 0 Å². The summed E-state index contributed by atoms with van der Waals surface area (Å²) >= 11 is 1.65. The molecule has 0 aliphatic carbocycles. The number of rotatable bonds is 8. The van der Waals surface area contributed by atoms with Crippen LogP contribution in [0.25, 0.3) is 10.1 Å². The van der Waals surface area contributed by atoms with E-state index in [1.807, 2.05) is 12.1 Å². The molecule has 6 nitrogen and oxygen atoms in total. The number of aliphatic hydroxyl groups excluding tert-OH is 1. The Hall–Kier alpha value is -0.940. The normalized spacial score (nSPS) is 18.1. The molecule has 1 fully saturated rings. The fraction of sp³-hybridized carbons (Fsp3) is 0.591. The predicted molar refractivity (Wildman–Crippen MR) is 139 cm³/mol. The Labute approximate surface area is 201 Å². The molecule has 0 bridgehead atoms. The minimum Gasteiger partial charge on any atom is -0.386 e. The second-order valence-corrected chi connectivity index (χ2v) is 9.13. The van der Waals surface area contributed by atoms with Crippen LogP contribution in [0.5, 0.6) is 0 Å². The molecule has 2 heterocycles. The highest BCUT2D eigenvalue weighted by molar-refractivity contribution is 14.0. The van der Waals surface area contributed by atoms with Crippen LogP contribution < -0.4 is 10.6 Å². The number of hydrogen-bond acceptors (Lipinski definition) is 5. The van der Waals surface area contributed by atoms with Crippen LogP contribution in [0.15, 0.2) is 35.3 Å². The number of aliphatic imine (C=N–C) groups is 1. The molecule has 3 rings (SSSR count). The van der Waals surface area contributed by atoms with Crippen molar-refractivity contribution in [3.8, 4) is 0 Å². The first-order chi connectivity index (χ1) is 14.0. The highest BCUT2D eigenvalue weighted by Crippen LogP contribution is 2.29. The topological polar surface area (TPSA) is 63.1 Å². The van der Waals surface area contributed by atoms with E-state index >= 15 is 0 Å². The molecule has 3 N–H and O–H groups in total. The summed E-state index contributed by atoms with van der Waals surface area (Å²) in [6.07, 6.45) is -0.543. The number of likely N-dealkylation sites (N-methyl/N-ethyl adjacent to an activating group) is 1. The zero-order valence-corrected chi connectivity index (χ0v) is 21.5. The summed E-state index contributed by atoms with van der Waals surface area (Å²) in [4.78, 5) is 10.7. The third-order valence-corrected chi connectivity index (χ3v) is 6.52. The summed E-state index contributed by atoms with van der Waals surface area (Å²) in [6.45, 7) is 12.0. The Kier molecular flexibility index (Phi) is 10.8. The molecule has 0 saturated carbocycles. The lowest BCUT2D eigenvalue weighted by Gasteiger charge is -2.33. The summed E-state index contributed by atoms with van der Waals surface area (Å²) in [5.74, 6) is 1.28. The van der Waals surface area contributed by atoms with E-state index in [9.17, 15) is 5.11 Å². The zero-order chi connectivity index (χ0) is 20.6. The number of fused-ring (bicyclic) bond motifs is 1. The van der Waals surface area contributed by atoms with Gasteiger partial charge in [0.2, 0.25) is 0 Å². The van der Waals surface area contributed by atoms with Crippen molar-refractivity contribution in [3.63, 3.8) is 0 Å². The van der Waals surface area contributed by atoms with Crippen LogP contribution in [0.3, 0.4) is 0 Å². The molecule has 1 aromatic carbocycles. The second kappa shape index (κ2) is 12.8. The van der Waals surface area contributed by atoms with Gasteiger partial charge >= 0.3 is 0 Å². The van der Waals surface area contributed by atoms with Crippen LogP contribution in [-0.4, -0.2) is 80.3 Å². The number of benzene rings is 1. The van der Waals surface area contributed by atoms with Crippen molar-refractivity contribution >= 4 is 51.4 Å². The van der Waals surface area contributed by atoms with Crippen LogP contribution in [0, 0.1) is 5.92 Å². The maximum Gasteiger partial charge on any atom is 0.191 e. The standard InChI is InChI=1S/C22H35N5OS.HI/c1-4-23-22(24-14-17(2)16-27-11-9-26(3)10-12-27)25-15-19(28)21-13-18-7-5-6-8-20(18)29-21;/h5-8,13,17,19,28H,4,9-12,14-16H2,1-3H3,(H2,23,24,25);1H. The summed E-state index contributed by atoms with van der Waals surface area (Å²) in [7, 11) is 2.19. The average Bonchev–Trinajstić information content (AvgIpc) is 3.16. The minimum absolute atomic E-state index is 0. The Morgan fingerprint density at radius 2 is 1.93 bits per heavy atom. The Balaban J connectivity index is 0.00000320. The molecule has 30 heavy (non-hydrogen) atoms. The van der Waals surface area contributed by atoms with Gasteiger partial charge in [0.25, 0.3) is 0 Å². The zero-order valence-electron chi connectivity index (χ0n) is 18.3. The van der Waals surface area contributed by atoms with Crippen molar-refractivity contribution in [1.82, 2.24) is 20.4 Å². The smallest absolute Gasteiger partial charge is 0.191 e. The number of hydrogen-bond donors (Lipinski definition) is 3. The van der Waals surface area contributed by atoms with E-state index in [0.717, 1.165) is 56.6 Å². The van der Waals surface area contributed by atoms with Crippen molar-refractivity contribution in [2.45, 2.75) is 20.0 Å². The van der Waals surface area contributed by atoms with Crippen LogP contribution in [0.1, 0.15) is 24.8 Å². The van der Waals surface area contributed by atoms with Gasteiger partial charge in [-0.15, -0.1) is 35.3 Å². The van der Waals surface area contributed by atoms with E-state index in [1.54, 1.807) is 11.3 Å². The molecule has 8 heteroatoms. The van der Waals surface area contributed by atoms with E-state index < -0.39 is 6.10 Å². The fourth-order valence-corrected chi connectivity index (χ4v) is 4.63. The highest BCUT2D eigenvalue weighted by atomic mass is 127. The van der Waals surface area contributed by atoms with Crippen LogP contribution in [0.4, 0.5) is 0 Å². The second-order valence-electron chi connectivity index (χ2n) is 8.01. The number of thiophene rings is 1. The van der Waals surface area contributed by atoms with Crippen LogP contribution in [-0.2, 0) is 0 Å². The van der Waals surface area contributed by atoms with E-state index in [1.165, 1.54) is 10.1 Å². The lowest BCUT2D eigenvalue weighted by molar-refractivity contribution is 0.140. The maximum absolute atomic E-state index is 10.6. The molecule has 1 aromatic heterocycles. The van der Waals surface area contributed by atoms with Crippen molar-refractivity contribution in [3.05, 3.63) is 35.2 Å². The number of guanidine groups is 1. The van der Waals surface area contributed by atoms with Gasteiger partial charge in [-0.05, 0) is 37.4 Å². The third kappa shape index (κ3) is 7.64.